The molecule has 0 saturated carbocycles. The number of aromatic nitrogens is 2. The first kappa shape index (κ1) is 19.5. The highest BCUT2D eigenvalue weighted by Crippen LogP contribution is 2.35. The van der Waals surface area contributed by atoms with Gasteiger partial charge in [-0.2, -0.15) is 0 Å². The van der Waals surface area contributed by atoms with Crippen LogP contribution in [0.1, 0.15) is 10.6 Å². The zero-order valence-electron chi connectivity index (χ0n) is 13.9. The van der Waals surface area contributed by atoms with Gasteiger partial charge in [0.2, 0.25) is 0 Å². The zero-order chi connectivity index (χ0) is 18.7. The van der Waals surface area contributed by atoms with Crippen LogP contribution in [0.3, 0.4) is 0 Å². The van der Waals surface area contributed by atoms with Crippen LogP contribution in [0.15, 0.2) is 28.6 Å². The van der Waals surface area contributed by atoms with Crippen LogP contribution < -0.4 is 4.74 Å². The van der Waals surface area contributed by atoms with E-state index in [1.807, 2.05) is 24.3 Å². The Morgan fingerprint density at radius 3 is 2.50 bits per heavy atom. The molecule has 1 aliphatic rings. The summed E-state index contributed by atoms with van der Waals surface area (Å²) in [5.74, 6) is 0.782. The summed E-state index contributed by atoms with van der Waals surface area (Å²) in [6.45, 7) is -0.457. The van der Waals surface area contributed by atoms with Crippen molar-refractivity contribution in [3.8, 4) is 5.75 Å². The summed E-state index contributed by atoms with van der Waals surface area (Å²) in [6.07, 6.45) is -4.39. The van der Waals surface area contributed by atoms with E-state index in [9.17, 15) is 20.4 Å². The zero-order valence-corrected chi connectivity index (χ0v) is 15.6. The fourth-order valence-electron chi connectivity index (χ4n) is 2.54. The van der Waals surface area contributed by atoms with Gasteiger partial charge in [-0.15, -0.1) is 10.2 Å². The molecule has 0 aliphatic carbocycles. The van der Waals surface area contributed by atoms with E-state index in [1.165, 1.54) is 11.3 Å². The SMILES string of the molecule is COc1ccc(Cc2nnc(S[C@@H]3O[C@H](CO)[C@@H](O)[C@H](O)[C@H]3O)s2)cc1. The average molecular weight is 400 g/mol. The molecule has 4 N–H and O–H groups in total. The molecule has 1 fully saturated rings. The predicted octanol–water partition coefficient (Wildman–Crippen LogP) is 0.0295. The van der Waals surface area contributed by atoms with Crippen LogP contribution in [0, 0.1) is 0 Å². The van der Waals surface area contributed by atoms with Gasteiger partial charge in [-0.25, -0.2) is 0 Å². The first-order valence-electron chi connectivity index (χ1n) is 7.94. The Bertz CT molecular complexity index is 711. The highest BCUT2D eigenvalue weighted by molar-refractivity contribution is 8.01. The van der Waals surface area contributed by atoms with E-state index in [-0.39, 0.29) is 0 Å². The lowest BCUT2D eigenvalue weighted by Gasteiger charge is -2.39. The van der Waals surface area contributed by atoms with E-state index in [1.54, 1.807) is 7.11 Å². The number of benzene rings is 1. The monoisotopic (exact) mass is 400 g/mol. The van der Waals surface area contributed by atoms with E-state index in [0.29, 0.717) is 10.8 Å². The van der Waals surface area contributed by atoms with Gasteiger partial charge in [0.05, 0.1) is 13.7 Å². The molecular weight excluding hydrogens is 380 g/mol. The van der Waals surface area contributed by atoms with Crippen molar-refractivity contribution in [1.29, 1.82) is 0 Å². The maximum absolute atomic E-state index is 10.1. The summed E-state index contributed by atoms with van der Waals surface area (Å²) in [4.78, 5) is 0. The molecule has 1 aliphatic heterocycles. The molecule has 0 bridgehead atoms. The van der Waals surface area contributed by atoms with Gasteiger partial charge in [0.1, 0.15) is 40.6 Å². The number of hydrogen-bond acceptors (Lipinski definition) is 10. The van der Waals surface area contributed by atoms with E-state index in [4.69, 9.17) is 9.47 Å². The van der Waals surface area contributed by atoms with Crippen molar-refractivity contribution < 1.29 is 29.9 Å². The van der Waals surface area contributed by atoms with Gasteiger partial charge in [-0.3, -0.25) is 0 Å². The highest BCUT2D eigenvalue weighted by atomic mass is 32.2. The van der Waals surface area contributed by atoms with E-state index in [0.717, 1.165) is 28.1 Å². The molecule has 2 aromatic rings. The normalized spacial score (nSPS) is 28.9. The number of methoxy groups -OCH3 is 1. The van der Waals surface area contributed by atoms with Crippen LogP contribution in [-0.2, 0) is 11.2 Å². The first-order chi connectivity index (χ1) is 12.5. The molecule has 0 amide bonds. The number of thioether (sulfide) groups is 1. The van der Waals surface area contributed by atoms with E-state index >= 15 is 0 Å². The summed E-state index contributed by atoms with van der Waals surface area (Å²) in [7, 11) is 1.61. The smallest absolute Gasteiger partial charge is 0.176 e. The number of aliphatic hydroxyl groups excluding tert-OH is 4. The lowest BCUT2D eigenvalue weighted by Crippen LogP contribution is -2.57. The summed E-state index contributed by atoms with van der Waals surface area (Å²) < 4.78 is 11.2. The van der Waals surface area contributed by atoms with Gasteiger partial charge in [0.15, 0.2) is 4.34 Å². The topological polar surface area (TPSA) is 125 Å². The number of hydrogen-bond donors (Lipinski definition) is 4. The van der Waals surface area contributed by atoms with E-state index in [2.05, 4.69) is 10.2 Å². The third-order valence-corrected chi connectivity index (χ3v) is 6.19. The van der Waals surface area contributed by atoms with Gasteiger partial charge in [-0.1, -0.05) is 35.2 Å². The maximum Gasteiger partial charge on any atom is 0.176 e. The van der Waals surface area contributed by atoms with Gasteiger partial charge in [0.25, 0.3) is 0 Å². The van der Waals surface area contributed by atoms with Crippen molar-refractivity contribution in [1.82, 2.24) is 10.2 Å². The van der Waals surface area contributed by atoms with Crippen molar-refractivity contribution in [2.45, 2.75) is 40.6 Å². The third kappa shape index (κ3) is 4.34. The molecule has 8 nitrogen and oxygen atoms in total. The lowest BCUT2D eigenvalue weighted by atomic mass is 10.0. The Hall–Kier alpha value is -1.27. The molecule has 10 heteroatoms. The van der Waals surface area contributed by atoms with Crippen molar-refractivity contribution in [2.75, 3.05) is 13.7 Å². The molecule has 0 spiro atoms. The minimum absolute atomic E-state index is 0.457. The number of nitrogens with zero attached hydrogens (tertiary/aromatic N) is 2. The van der Waals surface area contributed by atoms with Crippen LogP contribution in [0.25, 0.3) is 0 Å². The van der Waals surface area contributed by atoms with Crippen molar-refractivity contribution in [3.05, 3.63) is 34.8 Å². The molecule has 1 aromatic heterocycles. The fraction of sp³-hybridized carbons (Fsp3) is 0.500. The standard InChI is InChI=1S/C16H20N2O6S2/c1-23-9-4-2-8(3-5-9)6-11-17-18-16(25-11)26-15-14(22)13(21)12(20)10(7-19)24-15/h2-5,10,12-15,19-22H,6-7H2,1H3/t10-,12-,13+,14-,15+/m1/s1. The Labute approximate surface area is 158 Å². The molecule has 2 heterocycles. The molecular formula is C16H20N2O6S2. The van der Waals surface area contributed by atoms with Crippen LogP contribution in [0.4, 0.5) is 0 Å². The molecule has 0 radical (unpaired) electrons. The minimum atomic E-state index is -1.40. The second kappa shape index (κ2) is 8.61. The first-order valence-corrected chi connectivity index (χ1v) is 9.64. The van der Waals surface area contributed by atoms with Gasteiger partial charge in [0, 0.05) is 6.42 Å². The molecule has 142 valence electrons. The largest absolute Gasteiger partial charge is 0.497 e. The molecule has 26 heavy (non-hydrogen) atoms. The summed E-state index contributed by atoms with van der Waals surface area (Å²) in [5, 5.41) is 48.0. The second-order valence-electron chi connectivity index (χ2n) is 5.80. The van der Waals surface area contributed by atoms with Crippen LogP contribution >= 0.6 is 23.1 Å². The van der Waals surface area contributed by atoms with Gasteiger partial charge in [-0.05, 0) is 17.7 Å². The number of rotatable bonds is 6. The summed E-state index contributed by atoms with van der Waals surface area (Å²) >= 11 is 2.46. The quantitative estimate of drug-likeness (QED) is 0.531. The molecule has 1 saturated heterocycles. The molecule has 1 aromatic carbocycles. The van der Waals surface area contributed by atoms with Crippen molar-refractivity contribution in [3.63, 3.8) is 0 Å². The van der Waals surface area contributed by atoms with Gasteiger partial charge < -0.3 is 29.9 Å². The molecule has 3 rings (SSSR count). The average Bonchev–Trinajstić information content (AvgIpc) is 3.09. The Morgan fingerprint density at radius 1 is 1.12 bits per heavy atom. The van der Waals surface area contributed by atoms with Crippen LogP contribution in [0.2, 0.25) is 0 Å². The highest BCUT2D eigenvalue weighted by Gasteiger charge is 2.44. The Balaban J connectivity index is 1.64. The van der Waals surface area contributed by atoms with Crippen LogP contribution in [0.5, 0.6) is 5.75 Å². The minimum Gasteiger partial charge on any atom is -0.497 e. The van der Waals surface area contributed by atoms with Gasteiger partial charge >= 0.3 is 0 Å². The maximum atomic E-state index is 10.1. The van der Waals surface area contributed by atoms with E-state index < -0.39 is 36.5 Å². The molecule has 0 unspecified atom stereocenters. The lowest BCUT2D eigenvalue weighted by molar-refractivity contribution is -0.205. The third-order valence-electron chi connectivity index (χ3n) is 4.03. The summed E-state index contributed by atoms with van der Waals surface area (Å²) in [6, 6.07) is 7.65. The Kier molecular flexibility index (Phi) is 6.46. The Morgan fingerprint density at radius 2 is 1.85 bits per heavy atom. The fourth-order valence-corrected chi connectivity index (χ4v) is 4.69. The number of aliphatic hydroxyl groups is 4. The van der Waals surface area contributed by atoms with Crippen molar-refractivity contribution >= 4 is 23.1 Å². The predicted molar refractivity (Wildman–Crippen MR) is 95.3 cm³/mol. The van der Waals surface area contributed by atoms with Crippen LogP contribution in [-0.4, -0.2) is 74.2 Å². The number of ether oxygens (including phenoxy) is 2. The van der Waals surface area contributed by atoms with Crippen molar-refractivity contribution in [2.24, 2.45) is 0 Å². The summed E-state index contributed by atoms with van der Waals surface area (Å²) in [5.41, 5.74) is 0.207. The second-order valence-corrected chi connectivity index (χ2v) is 8.21. The molecule has 5 atom stereocenters.